The van der Waals surface area contributed by atoms with Gasteiger partial charge in [0.05, 0.1) is 0 Å². The highest BCUT2D eigenvalue weighted by molar-refractivity contribution is 9.38. The summed E-state index contributed by atoms with van der Waals surface area (Å²) in [6, 6.07) is 10.0. The fourth-order valence-corrected chi connectivity index (χ4v) is 1.42. The molecule has 1 rings (SSSR count). The fourth-order valence-electron chi connectivity index (χ4n) is 0.627. The molecule has 2 nitrogen and oxygen atoms in total. The van der Waals surface area contributed by atoms with Crippen LogP contribution in [0.1, 0.15) is 5.56 Å². The molecule has 0 fully saturated rings. The Labute approximate surface area is 105 Å². The minimum Gasteiger partial charge on any atom is -0.168 e. The van der Waals surface area contributed by atoms with E-state index in [1.54, 1.807) is 0 Å². The summed E-state index contributed by atoms with van der Waals surface area (Å²) in [6.45, 7) is 0. The molecular formula is C7H5Br3O2S. The fraction of sp³-hybridized carbons (Fsp3) is 0.143. The molecule has 72 valence electrons. The van der Waals surface area contributed by atoms with E-state index in [9.17, 15) is 0 Å². The Morgan fingerprint density at radius 2 is 1.38 bits per heavy atom. The molecule has 0 aliphatic rings. The van der Waals surface area contributed by atoms with Crippen LogP contribution in [0.25, 0.3) is 0 Å². The lowest BCUT2D eigenvalue weighted by atomic mass is 10.2. The number of alkyl halides is 3. The van der Waals surface area contributed by atoms with Crippen molar-refractivity contribution in [2.45, 2.75) is 2.14 Å². The lowest BCUT2D eigenvalue weighted by Gasteiger charge is -2.10. The largest absolute Gasteiger partial charge is 0.335 e. The maximum Gasteiger partial charge on any atom is 0.335 e. The molecule has 0 spiro atoms. The molecule has 0 aliphatic carbocycles. The molecule has 1 aromatic carbocycles. The Morgan fingerprint density at radius 3 is 1.62 bits per heavy atom. The predicted octanol–water partition coefficient (Wildman–Crippen LogP) is 3.31. The quantitative estimate of drug-likeness (QED) is 0.635. The van der Waals surface area contributed by atoms with Crippen molar-refractivity contribution in [1.29, 1.82) is 0 Å². The Balaban J connectivity index is 0.000000424. The average molecular weight is 393 g/mol. The third-order valence-corrected chi connectivity index (χ3v) is 2.47. The van der Waals surface area contributed by atoms with Crippen LogP contribution < -0.4 is 0 Å². The monoisotopic (exact) mass is 390 g/mol. The van der Waals surface area contributed by atoms with E-state index in [4.69, 9.17) is 8.42 Å². The first-order valence-electron chi connectivity index (χ1n) is 3.06. The standard InChI is InChI=1S/C7H5Br3.O2S/c8-7(9,10)6-4-2-1-3-5-6;1-3-2/h1-5H;. The zero-order valence-electron chi connectivity index (χ0n) is 6.25. The SMILES string of the molecule is BrC(Br)(Br)c1ccccc1.O=S=O. The van der Waals surface area contributed by atoms with Crippen molar-refractivity contribution in [2.24, 2.45) is 0 Å². The summed E-state index contributed by atoms with van der Waals surface area (Å²) >= 11 is 9.51. The van der Waals surface area contributed by atoms with Gasteiger partial charge in [0.25, 0.3) is 0 Å². The minimum absolute atomic E-state index is 0.270. The van der Waals surface area contributed by atoms with Gasteiger partial charge in [0.1, 0.15) is 0 Å². The zero-order chi connectivity index (χ0) is 10.3. The molecule has 0 amide bonds. The highest BCUT2D eigenvalue weighted by atomic mass is 80.0. The van der Waals surface area contributed by atoms with Crippen LogP contribution in [0, 0.1) is 0 Å². The molecule has 13 heavy (non-hydrogen) atoms. The molecule has 0 bridgehead atoms. The second kappa shape index (κ2) is 6.86. The molecule has 1 aromatic rings. The van der Waals surface area contributed by atoms with Gasteiger partial charge < -0.3 is 0 Å². The van der Waals surface area contributed by atoms with Crippen LogP contribution in [-0.4, -0.2) is 8.42 Å². The van der Waals surface area contributed by atoms with E-state index in [0.29, 0.717) is 0 Å². The van der Waals surface area contributed by atoms with Gasteiger partial charge in [-0.2, -0.15) is 8.42 Å². The summed E-state index contributed by atoms with van der Waals surface area (Å²) in [6.07, 6.45) is 0. The second-order valence-electron chi connectivity index (χ2n) is 1.93. The van der Waals surface area contributed by atoms with Crippen molar-refractivity contribution in [3.05, 3.63) is 35.9 Å². The van der Waals surface area contributed by atoms with Crippen molar-refractivity contribution >= 4 is 59.4 Å². The highest BCUT2D eigenvalue weighted by Gasteiger charge is 2.19. The van der Waals surface area contributed by atoms with E-state index in [1.165, 1.54) is 0 Å². The normalized spacial score (nSPS) is 9.77. The van der Waals surface area contributed by atoms with Gasteiger partial charge in [-0.3, -0.25) is 0 Å². The van der Waals surface area contributed by atoms with Crippen LogP contribution >= 0.6 is 47.8 Å². The molecule has 0 radical (unpaired) electrons. The van der Waals surface area contributed by atoms with Gasteiger partial charge in [0.2, 0.25) is 0 Å². The molecule has 0 atom stereocenters. The number of rotatable bonds is 0. The van der Waals surface area contributed by atoms with E-state index in [-0.39, 0.29) is 2.14 Å². The first kappa shape index (κ1) is 13.5. The highest BCUT2D eigenvalue weighted by Crippen LogP contribution is 2.43. The van der Waals surface area contributed by atoms with Gasteiger partial charge >= 0.3 is 11.6 Å². The van der Waals surface area contributed by atoms with Crippen LogP contribution in [0.4, 0.5) is 0 Å². The van der Waals surface area contributed by atoms with E-state index < -0.39 is 11.6 Å². The molecule has 0 saturated carbocycles. The maximum atomic E-state index is 8.29. The predicted molar refractivity (Wildman–Crippen MR) is 63.8 cm³/mol. The summed E-state index contributed by atoms with van der Waals surface area (Å²) in [7, 11) is 0. The van der Waals surface area contributed by atoms with Crippen molar-refractivity contribution < 1.29 is 8.42 Å². The van der Waals surface area contributed by atoms with E-state index in [0.717, 1.165) is 5.56 Å². The van der Waals surface area contributed by atoms with Crippen LogP contribution in [0.2, 0.25) is 0 Å². The molecule has 0 N–H and O–H groups in total. The number of benzene rings is 1. The third kappa shape index (κ3) is 6.54. The molecule has 0 heterocycles. The summed E-state index contributed by atoms with van der Waals surface area (Å²) in [4.78, 5) is 0. The molecule has 6 heteroatoms. The van der Waals surface area contributed by atoms with Gasteiger partial charge in [0, 0.05) is 0 Å². The molecule has 0 saturated heterocycles. The van der Waals surface area contributed by atoms with E-state index in [2.05, 4.69) is 47.8 Å². The van der Waals surface area contributed by atoms with Gasteiger partial charge in [-0.25, -0.2) is 0 Å². The summed E-state index contributed by atoms with van der Waals surface area (Å²) < 4.78 is 16.3. The van der Waals surface area contributed by atoms with E-state index >= 15 is 0 Å². The van der Waals surface area contributed by atoms with Crippen molar-refractivity contribution in [1.82, 2.24) is 0 Å². The van der Waals surface area contributed by atoms with E-state index in [1.807, 2.05) is 30.3 Å². The molecule has 0 aliphatic heterocycles. The number of halogens is 3. The topological polar surface area (TPSA) is 34.1 Å². The summed E-state index contributed by atoms with van der Waals surface area (Å²) in [5.74, 6) is 0. The summed E-state index contributed by atoms with van der Waals surface area (Å²) in [5.41, 5.74) is 1.15. The first-order valence-corrected chi connectivity index (χ1v) is 6.11. The number of hydrogen-bond acceptors (Lipinski definition) is 2. The van der Waals surface area contributed by atoms with Gasteiger partial charge in [0.15, 0.2) is 2.14 Å². The van der Waals surface area contributed by atoms with Crippen LogP contribution in [0.5, 0.6) is 0 Å². The van der Waals surface area contributed by atoms with Gasteiger partial charge in [-0.15, -0.1) is 0 Å². The molecular weight excluding hydrogens is 388 g/mol. The number of hydrogen-bond donors (Lipinski definition) is 0. The average Bonchev–Trinajstić information content (AvgIpc) is 2.06. The van der Waals surface area contributed by atoms with Crippen molar-refractivity contribution in [3.63, 3.8) is 0 Å². The molecule has 0 unspecified atom stereocenters. The second-order valence-corrected chi connectivity index (χ2v) is 8.83. The van der Waals surface area contributed by atoms with Crippen LogP contribution in [0.15, 0.2) is 30.3 Å². The van der Waals surface area contributed by atoms with Crippen molar-refractivity contribution in [3.8, 4) is 0 Å². The smallest absolute Gasteiger partial charge is 0.168 e. The zero-order valence-corrected chi connectivity index (χ0v) is 11.8. The Morgan fingerprint density at radius 1 is 1.00 bits per heavy atom. The minimum atomic E-state index is -0.750. The van der Waals surface area contributed by atoms with Crippen LogP contribution in [-0.2, 0) is 13.7 Å². The summed E-state index contributed by atoms with van der Waals surface area (Å²) in [5, 5.41) is 0. The Bertz CT molecular complexity index is 278. The lowest BCUT2D eigenvalue weighted by Crippen LogP contribution is -1.95. The molecule has 0 aromatic heterocycles. The Hall–Kier alpha value is 0.480. The van der Waals surface area contributed by atoms with Gasteiger partial charge in [-0.1, -0.05) is 78.1 Å². The maximum absolute atomic E-state index is 8.29. The van der Waals surface area contributed by atoms with Crippen LogP contribution in [0.3, 0.4) is 0 Å². The van der Waals surface area contributed by atoms with Crippen molar-refractivity contribution in [2.75, 3.05) is 0 Å². The van der Waals surface area contributed by atoms with Gasteiger partial charge in [-0.05, 0) is 5.56 Å². The lowest BCUT2D eigenvalue weighted by molar-refractivity contribution is 0.630. The third-order valence-electron chi connectivity index (χ3n) is 1.10. The Kier molecular flexibility index (Phi) is 7.12. The first-order chi connectivity index (χ1) is 6.02.